The Morgan fingerprint density at radius 3 is 2.60 bits per heavy atom. The van der Waals surface area contributed by atoms with Crippen LogP contribution in [0.15, 0.2) is 41.8 Å². The highest BCUT2D eigenvalue weighted by Crippen LogP contribution is 2.16. The number of phenols is 1. The molecule has 1 aromatic heterocycles. The second-order valence-corrected chi connectivity index (χ2v) is 5.06. The van der Waals surface area contributed by atoms with Gasteiger partial charge in [-0.1, -0.05) is 24.3 Å². The predicted molar refractivity (Wildman–Crippen MR) is 76.4 cm³/mol. The fraction of sp³-hybridized carbons (Fsp3) is 0.143. The van der Waals surface area contributed by atoms with Crippen LogP contribution >= 0.6 is 11.3 Å². The van der Waals surface area contributed by atoms with E-state index in [1.807, 2.05) is 0 Å². The molecule has 3 N–H and O–H groups in total. The van der Waals surface area contributed by atoms with Crippen LogP contribution in [0.3, 0.4) is 0 Å². The summed E-state index contributed by atoms with van der Waals surface area (Å²) in [5, 5.41) is 11.4. The third kappa shape index (κ3) is 3.83. The molecule has 1 aromatic carbocycles. The number of carbonyl (C=O) groups is 2. The summed E-state index contributed by atoms with van der Waals surface area (Å²) in [7, 11) is 0. The van der Waals surface area contributed by atoms with Gasteiger partial charge in [-0.15, -0.1) is 11.3 Å². The molecule has 6 heteroatoms. The number of benzene rings is 1. The second-order valence-electron chi connectivity index (χ2n) is 4.11. The van der Waals surface area contributed by atoms with E-state index in [1.54, 1.807) is 41.8 Å². The van der Waals surface area contributed by atoms with Crippen LogP contribution in [-0.4, -0.2) is 16.9 Å². The molecule has 0 saturated carbocycles. The second kappa shape index (κ2) is 6.72. The van der Waals surface area contributed by atoms with Gasteiger partial charge >= 0.3 is 0 Å². The normalized spacial score (nSPS) is 10.0. The van der Waals surface area contributed by atoms with Crippen LogP contribution in [-0.2, 0) is 11.2 Å². The van der Waals surface area contributed by atoms with Crippen molar-refractivity contribution in [2.45, 2.75) is 12.8 Å². The Morgan fingerprint density at radius 2 is 1.90 bits per heavy atom. The Morgan fingerprint density at radius 1 is 1.10 bits per heavy atom. The summed E-state index contributed by atoms with van der Waals surface area (Å²) in [5.74, 6) is -0.475. The molecule has 0 unspecified atom stereocenters. The number of hydrogen-bond acceptors (Lipinski definition) is 4. The van der Waals surface area contributed by atoms with Gasteiger partial charge in [0.1, 0.15) is 5.75 Å². The van der Waals surface area contributed by atoms with E-state index in [1.165, 1.54) is 11.3 Å². The molecule has 2 rings (SSSR count). The number of aryl methyl sites for hydroxylation is 1. The van der Waals surface area contributed by atoms with Crippen molar-refractivity contribution in [1.29, 1.82) is 0 Å². The van der Waals surface area contributed by atoms with Gasteiger partial charge in [-0.25, -0.2) is 0 Å². The summed E-state index contributed by atoms with van der Waals surface area (Å²) in [6.07, 6.45) is 0.593. The van der Waals surface area contributed by atoms with Crippen molar-refractivity contribution >= 4 is 23.2 Å². The van der Waals surface area contributed by atoms with Crippen molar-refractivity contribution in [3.05, 3.63) is 52.2 Å². The van der Waals surface area contributed by atoms with Crippen LogP contribution in [0.5, 0.6) is 5.75 Å². The van der Waals surface area contributed by atoms with E-state index in [2.05, 4.69) is 10.9 Å². The quantitative estimate of drug-likeness (QED) is 0.752. The molecule has 1 heterocycles. The Kier molecular flexibility index (Phi) is 4.73. The van der Waals surface area contributed by atoms with E-state index < -0.39 is 0 Å². The molecule has 0 saturated heterocycles. The molecular formula is C14H14N2O3S. The average molecular weight is 290 g/mol. The summed E-state index contributed by atoms with van der Waals surface area (Å²) in [5.41, 5.74) is 5.39. The molecule has 104 valence electrons. The maximum absolute atomic E-state index is 11.6. The van der Waals surface area contributed by atoms with Crippen LogP contribution in [0.25, 0.3) is 0 Å². The number of thiophene rings is 1. The standard InChI is InChI=1S/C14H14N2O3S/c17-11-5-2-1-4-10(11)7-8-13(18)15-16-14(19)12-6-3-9-20-12/h1-6,9,17H,7-8H2,(H,15,18)(H,16,19). The van der Waals surface area contributed by atoms with Crippen LogP contribution in [0.2, 0.25) is 0 Å². The average Bonchev–Trinajstić information content (AvgIpc) is 2.98. The van der Waals surface area contributed by atoms with Crippen molar-refractivity contribution in [2.24, 2.45) is 0 Å². The Bertz CT molecular complexity index is 596. The van der Waals surface area contributed by atoms with Gasteiger partial charge < -0.3 is 5.11 Å². The first-order valence-electron chi connectivity index (χ1n) is 6.06. The molecule has 0 radical (unpaired) electrons. The van der Waals surface area contributed by atoms with Crippen molar-refractivity contribution in [3.63, 3.8) is 0 Å². The zero-order valence-corrected chi connectivity index (χ0v) is 11.4. The van der Waals surface area contributed by atoms with Gasteiger partial charge in [0, 0.05) is 6.42 Å². The smallest absolute Gasteiger partial charge is 0.279 e. The van der Waals surface area contributed by atoms with Crippen LogP contribution in [0, 0.1) is 0 Å². The Hall–Kier alpha value is -2.34. The highest BCUT2D eigenvalue weighted by molar-refractivity contribution is 7.12. The van der Waals surface area contributed by atoms with Gasteiger partial charge in [0.05, 0.1) is 4.88 Å². The van der Waals surface area contributed by atoms with E-state index >= 15 is 0 Å². The van der Waals surface area contributed by atoms with Crippen molar-refractivity contribution in [3.8, 4) is 5.75 Å². The predicted octanol–water partition coefficient (Wildman–Crippen LogP) is 1.85. The van der Waals surface area contributed by atoms with Crippen LogP contribution in [0.1, 0.15) is 21.7 Å². The topological polar surface area (TPSA) is 78.4 Å². The minimum Gasteiger partial charge on any atom is -0.508 e. The third-order valence-electron chi connectivity index (χ3n) is 2.67. The number of nitrogens with one attached hydrogen (secondary N) is 2. The van der Waals surface area contributed by atoms with Gasteiger partial charge in [0.2, 0.25) is 5.91 Å². The molecule has 0 spiro atoms. The number of phenolic OH excluding ortho intramolecular Hbond substituents is 1. The molecule has 2 aromatic rings. The number of hydrogen-bond donors (Lipinski definition) is 3. The molecule has 5 nitrogen and oxygen atoms in total. The highest BCUT2D eigenvalue weighted by atomic mass is 32.1. The van der Waals surface area contributed by atoms with Crippen molar-refractivity contribution in [2.75, 3.05) is 0 Å². The first-order chi connectivity index (χ1) is 9.66. The monoisotopic (exact) mass is 290 g/mol. The number of para-hydroxylation sites is 1. The highest BCUT2D eigenvalue weighted by Gasteiger charge is 2.08. The molecule has 2 amide bonds. The number of amides is 2. The summed E-state index contributed by atoms with van der Waals surface area (Å²) in [6.45, 7) is 0. The summed E-state index contributed by atoms with van der Waals surface area (Å²) < 4.78 is 0. The van der Waals surface area contributed by atoms with Crippen LogP contribution < -0.4 is 10.9 Å². The molecule has 0 atom stereocenters. The first kappa shape index (κ1) is 14.1. The lowest BCUT2D eigenvalue weighted by atomic mass is 10.1. The minimum absolute atomic E-state index is 0.169. The summed E-state index contributed by atoms with van der Waals surface area (Å²) in [6, 6.07) is 10.3. The molecule has 0 aliphatic rings. The zero-order chi connectivity index (χ0) is 14.4. The Labute approximate surface area is 120 Å². The Balaban J connectivity index is 1.76. The lowest BCUT2D eigenvalue weighted by molar-refractivity contribution is -0.121. The third-order valence-corrected chi connectivity index (χ3v) is 3.54. The lowest BCUT2D eigenvalue weighted by Crippen LogP contribution is -2.41. The maximum Gasteiger partial charge on any atom is 0.279 e. The SMILES string of the molecule is O=C(CCc1ccccc1O)NNC(=O)c1cccs1. The van der Waals surface area contributed by atoms with E-state index in [0.717, 1.165) is 0 Å². The molecular weight excluding hydrogens is 276 g/mol. The van der Waals surface area contributed by atoms with E-state index in [-0.39, 0.29) is 24.0 Å². The van der Waals surface area contributed by atoms with Gasteiger partial charge in [0.25, 0.3) is 5.91 Å². The number of carbonyl (C=O) groups excluding carboxylic acids is 2. The molecule has 0 aliphatic carbocycles. The van der Waals surface area contributed by atoms with Gasteiger partial charge in [-0.3, -0.25) is 20.4 Å². The van der Waals surface area contributed by atoms with Gasteiger partial charge in [-0.2, -0.15) is 0 Å². The van der Waals surface area contributed by atoms with Crippen molar-refractivity contribution < 1.29 is 14.7 Å². The molecule has 0 aliphatic heterocycles. The molecule has 0 bridgehead atoms. The largest absolute Gasteiger partial charge is 0.508 e. The number of aromatic hydroxyl groups is 1. The van der Waals surface area contributed by atoms with Crippen LogP contribution in [0.4, 0.5) is 0 Å². The fourth-order valence-electron chi connectivity index (χ4n) is 1.63. The fourth-order valence-corrected chi connectivity index (χ4v) is 2.25. The first-order valence-corrected chi connectivity index (χ1v) is 6.94. The zero-order valence-electron chi connectivity index (χ0n) is 10.6. The number of hydrazine groups is 1. The minimum atomic E-state index is -0.337. The summed E-state index contributed by atoms with van der Waals surface area (Å²) in [4.78, 5) is 23.7. The summed E-state index contributed by atoms with van der Waals surface area (Å²) >= 11 is 1.30. The van der Waals surface area contributed by atoms with Gasteiger partial charge in [-0.05, 0) is 29.5 Å². The lowest BCUT2D eigenvalue weighted by Gasteiger charge is -2.07. The molecule has 20 heavy (non-hydrogen) atoms. The van der Waals surface area contributed by atoms with Gasteiger partial charge in [0.15, 0.2) is 0 Å². The van der Waals surface area contributed by atoms with Crippen molar-refractivity contribution in [1.82, 2.24) is 10.9 Å². The van der Waals surface area contributed by atoms with E-state index in [0.29, 0.717) is 16.9 Å². The molecule has 0 fully saturated rings. The number of rotatable bonds is 4. The van der Waals surface area contributed by atoms with E-state index in [4.69, 9.17) is 0 Å². The maximum atomic E-state index is 11.6. The van der Waals surface area contributed by atoms with E-state index in [9.17, 15) is 14.7 Å².